The Morgan fingerprint density at radius 1 is 1.35 bits per heavy atom. The van der Waals surface area contributed by atoms with E-state index in [0.29, 0.717) is 16.9 Å². The van der Waals surface area contributed by atoms with E-state index in [9.17, 15) is 5.11 Å². The van der Waals surface area contributed by atoms with Crippen LogP contribution >= 0.6 is 31.9 Å². The van der Waals surface area contributed by atoms with Crippen molar-refractivity contribution in [2.45, 2.75) is 12.5 Å². The zero-order valence-electron chi connectivity index (χ0n) is 10.7. The van der Waals surface area contributed by atoms with Crippen molar-refractivity contribution in [3.63, 3.8) is 0 Å². The molecule has 104 valence electrons. The summed E-state index contributed by atoms with van der Waals surface area (Å²) in [6.45, 7) is 0. The highest BCUT2D eigenvalue weighted by atomic mass is 79.9. The Balaban J connectivity index is 1.91. The minimum Gasteiger partial charge on any atom is -0.450 e. The van der Waals surface area contributed by atoms with E-state index >= 15 is 0 Å². The van der Waals surface area contributed by atoms with Gasteiger partial charge in [0.15, 0.2) is 4.67 Å². The second kappa shape index (κ2) is 5.35. The van der Waals surface area contributed by atoms with Crippen LogP contribution in [0.15, 0.2) is 43.9 Å². The smallest absolute Gasteiger partial charge is 0.183 e. The number of imidazole rings is 1. The third-order valence-electron chi connectivity index (χ3n) is 3.25. The predicted octanol–water partition coefficient (Wildman–Crippen LogP) is 3.97. The average Bonchev–Trinajstić information content (AvgIpc) is 2.92. The van der Waals surface area contributed by atoms with Crippen LogP contribution in [0.2, 0.25) is 0 Å². The van der Waals surface area contributed by atoms with Gasteiger partial charge in [0.2, 0.25) is 0 Å². The van der Waals surface area contributed by atoms with Crippen LogP contribution in [0.3, 0.4) is 0 Å². The van der Waals surface area contributed by atoms with Crippen molar-refractivity contribution in [2.75, 3.05) is 0 Å². The maximum atomic E-state index is 10.3. The molecule has 2 heterocycles. The molecule has 0 aliphatic heterocycles. The summed E-state index contributed by atoms with van der Waals surface area (Å²) in [7, 11) is 1.95. The van der Waals surface area contributed by atoms with Crippen LogP contribution in [0.5, 0.6) is 0 Å². The number of fused-ring (bicyclic) bond motifs is 1. The molecule has 2 aromatic heterocycles. The van der Waals surface area contributed by atoms with Gasteiger partial charge in [0.25, 0.3) is 0 Å². The first-order chi connectivity index (χ1) is 9.56. The Bertz CT molecular complexity index is 744. The summed E-state index contributed by atoms with van der Waals surface area (Å²) in [6, 6.07) is 9.67. The summed E-state index contributed by atoms with van der Waals surface area (Å²) in [5, 5.41) is 10.3. The number of aromatic nitrogens is 2. The minimum absolute atomic E-state index is 0.400. The molecule has 1 unspecified atom stereocenters. The van der Waals surface area contributed by atoms with Crippen LogP contribution in [0, 0.1) is 0 Å². The molecule has 6 heteroatoms. The number of rotatable bonds is 3. The molecule has 0 fully saturated rings. The monoisotopic (exact) mass is 398 g/mol. The molecule has 1 atom stereocenters. The van der Waals surface area contributed by atoms with Gasteiger partial charge < -0.3 is 14.1 Å². The second-order valence-corrected chi connectivity index (χ2v) is 6.14. The van der Waals surface area contributed by atoms with E-state index in [-0.39, 0.29) is 0 Å². The SMILES string of the molecule is Cn1c(CC(O)c2cc(Br)c(Br)o2)nc2ccccc21. The molecule has 1 aromatic carbocycles. The standard InChI is InChI=1S/C14H12Br2N2O2/c1-18-10-5-3-2-4-9(10)17-13(18)7-11(19)12-6-8(15)14(16)20-12/h2-6,11,19H,7H2,1H3. The quantitative estimate of drug-likeness (QED) is 0.724. The fourth-order valence-corrected chi connectivity index (χ4v) is 2.79. The van der Waals surface area contributed by atoms with Crippen molar-refractivity contribution in [1.82, 2.24) is 9.55 Å². The van der Waals surface area contributed by atoms with Gasteiger partial charge in [-0.15, -0.1) is 0 Å². The van der Waals surface area contributed by atoms with Gasteiger partial charge >= 0.3 is 0 Å². The molecule has 0 amide bonds. The first-order valence-corrected chi connectivity index (χ1v) is 7.68. The Kier molecular flexibility index (Phi) is 3.70. The van der Waals surface area contributed by atoms with Crippen molar-refractivity contribution in [2.24, 2.45) is 7.05 Å². The molecular formula is C14H12Br2N2O2. The molecule has 4 nitrogen and oxygen atoms in total. The maximum absolute atomic E-state index is 10.3. The molecule has 1 N–H and O–H groups in total. The lowest BCUT2D eigenvalue weighted by Gasteiger charge is -2.07. The van der Waals surface area contributed by atoms with Gasteiger partial charge in [0.05, 0.1) is 15.5 Å². The second-order valence-electron chi connectivity index (χ2n) is 4.57. The molecular weight excluding hydrogens is 388 g/mol. The highest BCUT2D eigenvalue weighted by molar-refractivity contribution is 9.13. The zero-order chi connectivity index (χ0) is 14.3. The third-order valence-corrected chi connectivity index (χ3v) is 4.96. The van der Waals surface area contributed by atoms with E-state index in [2.05, 4.69) is 36.8 Å². The van der Waals surface area contributed by atoms with Crippen molar-refractivity contribution in [3.8, 4) is 0 Å². The molecule has 0 saturated carbocycles. The van der Waals surface area contributed by atoms with E-state index in [1.54, 1.807) is 6.07 Å². The number of hydrogen-bond acceptors (Lipinski definition) is 3. The first kappa shape index (κ1) is 13.9. The summed E-state index contributed by atoms with van der Waals surface area (Å²) in [4.78, 5) is 4.54. The molecule has 3 rings (SSSR count). The number of para-hydroxylation sites is 2. The highest BCUT2D eigenvalue weighted by Gasteiger charge is 2.18. The summed E-state index contributed by atoms with van der Waals surface area (Å²) < 4.78 is 8.81. The number of nitrogens with zero attached hydrogens (tertiary/aromatic N) is 2. The fraction of sp³-hybridized carbons (Fsp3) is 0.214. The van der Waals surface area contributed by atoms with E-state index in [4.69, 9.17) is 4.42 Å². The van der Waals surface area contributed by atoms with Gasteiger partial charge in [-0.3, -0.25) is 0 Å². The van der Waals surface area contributed by atoms with E-state index < -0.39 is 6.10 Å². The topological polar surface area (TPSA) is 51.2 Å². The lowest BCUT2D eigenvalue weighted by Crippen LogP contribution is -2.06. The van der Waals surface area contributed by atoms with Crippen LogP contribution < -0.4 is 0 Å². The molecule has 20 heavy (non-hydrogen) atoms. The largest absolute Gasteiger partial charge is 0.450 e. The van der Waals surface area contributed by atoms with Crippen molar-refractivity contribution in [1.29, 1.82) is 0 Å². The number of hydrogen-bond donors (Lipinski definition) is 1. The predicted molar refractivity (Wildman–Crippen MR) is 83.5 cm³/mol. The molecule has 0 saturated heterocycles. The van der Waals surface area contributed by atoms with Crippen molar-refractivity contribution < 1.29 is 9.52 Å². The molecule has 3 aromatic rings. The van der Waals surface area contributed by atoms with Crippen LogP contribution in [0.4, 0.5) is 0 Å². The summed E-state index contributed by atoms with van der Waals surface area (Å²) >= 11 is 6.61. The number of furan rings is 1. The van der Waals surface area contributed by atoms with Crippen LogP contribution in [0.25, 0.3) is 11.0 Å². The Morgan fingerprint density at radius 3 is 2.75 bits per heavy atom. The first-order valence-electron chi connectivity index (χ1n) is 6.09. The van der Waals surface area contributed by atoms with Gasteiger partial charge in [0, 0.05) is 13.5 Å². The van der Waals surface area contributed by atoms with E-state index in [1.807, 2.05) is 35.9 Å². The number of aliphatic hydroxyl groups is 1. The highest BCUT2D eigenvalue weighted by Crippen LogP contribution is 2.31. The Morgan fingerprint density at radius 2 is 2.10 bits per heavy atom. The molecule has 0 aliphatic carbocycles. The van der Waals surface area contributed by atoms with Crippen LogP contribution in [-0.4, -0.2) is 14.7 Å². The van der Waals surface area contributed by atoms with E-state index in [0.717, 1.165) is 21.3 Å². The Labute approximate surface area is 132 Å². The number of benzene rings is 1. The van der Waals surface area contributed by atoms with Crippen LogP contribution in [-0.2, 0) is 13.5 Å². The van der Waals surface area contributed by atoms with Gasteiger partial charge in [-0.05, 0) is 50.1 Å². The molecule has 0 bridgehead atoms. The summed E-state index contributed by atoms with van der Waals surface area (Å²) in [5.41, 5.74) is 1.98. The summed E-state index contributed by atoms with van der Waals surface area (Å²) in [5.74, 6) is 1.33. The fourth-order valence-electron chi connectivity index (χ4n) is 2.18. The third kappa shape index (κ3) is 2.43. The normalized spacial score (nSPS) is 13.0. The van der Waals surface area contributed by atoms with Crippen molar-refractivity contribution >= 4 is 42.9 Å². The lowest BCUT2D eigenvalue weighted by molar-refractivity contribution is 0.146. The minimum atomic E-state index is -0.729. The van der Waals surface area contributed by atoms with Crippen molar-refractivity contribution in [3.05, 3.63) is 51.1 Å². The Hall–Kier alpha value is -1.11. The van der Waals surface area contributed by atoms with Crippen LogP contribution in [0.1, 0.15) is 17.7 Å². The maximum Gasteiger partial charge on any atom is 0.183 e. The molecule has 0 aliphatic rings. The van der Waals surface area contributed by atoms with Gasteiger partial charge in [-0.1, -0.05) is 12.1 Å². The van der Waals surface area contributed by atoms with Gasteiger partial charge in [0.1, 0.15) is 17.7 Å². The lowest BCUT2D eigenvalue weighted by atomic mass is 10.2. The van der Waals surface area contributed by atoms with E-state index in [1.165, 1.54) is 0 Å². The molecule has 0 spiro atoms. The number of aliphatic hydroxyl groups excluding tert-OH is 1. The zero-order valence-corrected chi connectivity index (χ0v) is 13.8. The number of halogens is 2. The van der Waals surface area contributed by atoms with Gasteiger partial charge in [-0.25, -0.2) is 4.98 Å². The average molecular weight is 400 g/mol. The summed E-state index contributed by atoms with van der Waals surface area (Å²) in [6.07, 6.45) is -0.328. The number of aryl methyl sites for hydroxylation is 1. The molecule has 0 radical (unpaired) electrons. The van der Waals surface area contributed by atoms with Gasteiger partial charge in [-0.2, -0.15) is 0 Å².